The molecule has 1 aliphatic heterocycles. The summed E-state index contributed by atoms with van der Waals surface area (Å²) in [5, 5.41) is 8.40. The van der Waals surface area contributed by atoms with Crippen LogP contribution >= 0.6 is 0 Å². The van der Waals surface area contributed by atoms with Crippen LogP contribution in [0.5, 0.6) is 0 Å². The molecule has 0 saturated carbocycles. The molecule has 1 aromatic carbocycles. The number of nitrogen functional groups attached to an aromatic ring is 1. The van der Waals surface area contributed by atoms with E-state index >= 15 is 0 Å². The van der Waals surface area contributed by atoms with Gasteiger partial charge in [0.15, 0.2) is 17.0 Å². The Morgan fingerprint density at radius 3 is 2.86 bits per heavy atom. The quantitative estimate of drug-likeness (QED) is 0.773. The molecule has 0 bridgehead atoms. The second-order valence-electron chi connectivity index (χ2n) is 5.54. The molecule has 2 aromatic heterocycles. The number of fused-ring (bicyclic) bond motifs is 1. The predicted octanol–water partition coefficient (Wildman–Crippen LogP) is 1.64. The summed E-state index contributed by atoms with van der Waals surface area (Å²) in [5.41, 5.74) is 8.38. The molecule has 7 nitrogen and oxygen atoms in total. The van der Waals surface area contributed by atoms with Crippen molar-refractivity contribution in [3.63, 3.8) is 0 Å². The van der Waals surface area contributed by atoms with Gasteiger partial charge in [-0.3, -0.25) is 0 Å². The van der Waals surface area contributed by atoms with Crippen LogP contribution in [0, 0.1) is 0 Å². The van der Waals surface area contributed by atoms with Crippen LogP contribution in [0.15, 0.2) is 36.7 Å². The highest BCUT2D eigenvalue weighted by Gasteiger charge is 2.24. The van der Waals surface area contributed by atoms with Crippen molar-refractivity contribution in [1.82, 2.24) is 25.0 Å². The van der Waals surface area contributed by atoms with Crippen LogP contribution in [0.4, 0.5) is 11.5 Å². The second-order valence-corrected chi connectivity index (χ2v) is 5.54. The lowest BCUT2D eigenvalue weighted by Crippen LogP contribution is -2.37. The summed E-state index contributed by atoms with van der Waals surface area (Å²) in [6.07, 6.45) is 3.64. The van der Waals surface area contributed by atoms with E-state index in [0.29, 0.717) is 17.0 Å². The topological polar surface area (TPSA) is 85.7 Å². The summed E-state index contributed by atoms with van der Waals surface area (Å²) in [5.74, 6) is 0.381. The minimum absolute atomic E-state index is 0.244. The van der Waals surface area contributed by atoms with Gasteiger partial charge in [-0.25, -0.2) is 14.6 Å². The third-order valence-electron chi connectivity index (χ3n) is 4.15. The maximum Gasteiger partial charge on any atom is 0.184 e. The number of aromatic nitrogens is 5. The SMILES string of the molecule is Nc1ncnc2c1nnn2[C@@H]1CCCN(c2ccccc2)C1. The Balaban J connectivity index is 1.66. The van der Waals surface area contributed by atoms with Crippen molar-refractivity contribution in [2.45, 2.75) is 18.9 Å². The lowest BCUT2D eigenvalue weighted by Gasteiger charge is -2.34. The number of rotatable bonds is 2. The van der Waals surface area contributed by atoms with E-state index < -0.39 is 0 Å². The Kier molecular flexibility index (Phi) is 3.10. The van der Waals surface area contributed by atoms with E-state index in [9.17, 15) is 0 Å². The van der Waals surface area contributed by atoms with Crippen LogP contribution in [-0.2, 0) is 0 Å². The molecule has 2 N–H and O–H groups in total. The van der Waals surface area contributed by atoms with Crippen molar-refractivity contribution in [3.8, 4) is 0 Å². The first-order chi connectivity index (χ1) is 10.8. The zero-order chi connectivity index (χ0) is 14.9. The van der Waals surface area contributed by atoms with E-state index in [0.717, 1.165) is 25.9 Å². The van der Waals surface area contributed by atoms with Crippen LogP contribution in [0.2, 0.25) is 0 Å². The van der Waals surface area contributed by atoms with Gasteiger partial charge in [-0.1, -0.05) is 23.4 Å². The molecule has 1 fully saturated rings. The van der Waals surface area contributed by atoms with Gasteiger partial charge in [0.2, 0.25) is 0 Å². The third-order valence-corrected chi connectivity index (χ3v) is 4.15. The van der Waals surface area contributed by atoms with Gasteiger partial charge >= 0.3 is 0 Å². The van der Waals surface area contributed by atoms with Crippen molar-refractivity contribution < 1.29 is 0 Å². The number of nitrogens with zero attached hydrogens (tertiary/aromatic N) is 6. The minimum Gasteiger partial charge on any atom is -0.382 e. The molecule has 1 saturated heterocycles. The number of anilines is 2. The van der Waals surface area contributed by atoms with Crippen molar-refractivity contribution in [2.75, 3.05) is 23.7 Å². The molecular weight excluding hydrogens is 278 g/mol. The second kappa shape index (κ2) is 5.25. The molecule has 4 rings (SSSR count). The molecule has 0 spiro atoms. The number of benzene rings is 1. The average Bonchev–Trinajstić information content (AvgIpc) is 3.01. The molecule has 0 unspecified atom stereocenters. The highest BCUT2D eigenvalue weighted by Crippen LogP contribution is 2.27. The summed E-state index contributed by atoms with van der Waals surface area (Å²) in [6.45, 7) is 1.96. The Bertz CT molecular complexity index is 783. The first-order valence-corrected chi connectivity index (χ1v) is 7.44. The van der Waals surface area contributed by atoms with Gasteiger partial charge < -0.3 is 10.6 Å². The lowest BCUT2D eigenvalue weighted by atomic mass is 10.1. The summed E-state index contributed by atoms with van der Waals surface area (Å²) in [4.78, 5) is 10.7. The molecule has 3 heterocycles. The predicted molar refractivity (Wildman–Crippen MR) is 84.5 cm³/mol. The molecule has 1 aliphatic rings. The lowest BCUT2D eigenvalue weighted by molar-refractivity contribution is 0.376. The summed E-state index contributed by atoms with van der Waals surface area (Å²) >= 11 is 0. The molecule has 0 aliphatic carbocycles. The molecule has 0 radical (unpaired) electrons. The Morgan fingerprint density at radius 1 is 1.14 bits per heavy atom. The van der Waals surface area contributed by atoms with Gasteiger partial charge in [-0.2, -0.15) is 0 Å². The molecular formula is C15H17N7. The Labute approximate surface area is 127 Å². The first kappa shape index (κ1) is 13.0. The van der Waals surface area contributed by atoms with Crippen molar-refractivity contribution >= 4 is 22.7 Å². The number of nitrogens with two attached hydrogens (primary N) is 1. The largest absolute Gasteiger partial charge is 0.382 e. The number of hydrogen-bond acceptors (Lipinski definition) is 6. The van der Waals surface area contributed by atoms with E-state index in [1.807, 2.05) is 10.7 Å². The fourth-order valence-electron chi connectivity index (χ4n) is 3.06. The van der Waals surface area contributed by atoms with E-state index in [2.05, 4.69) is 49.4 Å². The molecule has 112 valence electrons. The van der Waals surface area contributed by atoms with Gasteiger partial charge in [-0.05, 0) is 25.0 Å². The summed E-state index contributed by atoms with van der Waals surface area (Å²) in [6, 6.07) is 10.7. The smallest absolute Gasteiger partial charge is 0.184 e. The summed E-state index contributed by atoms with van der Waals surface area (Å²) in [7, 11) is 0. The molecule has 0 amide bonds. The van der Waals surface area contributed by atoms with E-state index in [1.54, 1.807) is 0 Å². The van der Waals surface area contributed by atoms with Gasteiger partial charge in [0, 0.05) is 18.8 Å². The molecule has 22 heavy (non-hydrogen) atoms. The van der Waals surface area contributed by atoms with Crippen LogP contribution in [0.1, 0.15) is 18.9 Å². The van der Waals surface area contributed by atoms with E-state index in [1.165, 1.54) is 12.0 Å². The number of para-hydroxylation sites is 1. The molecule has 1 atom stereocenters. The summed E-state index contributed by atoms with van der Waals surface area (Å²) < 4.78 is 1.89. The van der Waals surface area contributed by atoms with Crippen LogP contribution in [0.25, 0.3) is 11.2 Å². The fourth-order valence-corrected chi connectivity index (χ4v) is 3.06. The van der Waals surface area contributed by atoms with Gasteiger partial charge in [-0.15, -0.1) is 5.10 Å². The third kappa shape index (κ3) is 2.14. The maximum absolute atomic E-state index is 5.84. The van der Waals surface area contributed by atoms with E-state index in [-0.39, 0.29) is 6.04 Å². The van der Waals surface area contributed by atoms with Crippen LogP contribution < -0.4 is 10.6 Å². The fraction of sp³-hybridized carbons (Fsp3) is 0.333. The minimum atomic E-state index is 0.244. The first-order valence-electron chi connectivity index (χ1n) is 7.44. The van der Waals surface area contributed by atoms with Gasteiger partial charge in [0.25, 0.3) is 0 Å². The van der Waals surface area contributed by atoms with Crippen molar-refractivity contribution in [1.29, 1.82) is 0 Å². The number of hydrogen-bond donors (Lipinski definition) is 1. The van der Waals surface area contributed by atoms with Gasteiger partial charge in [0.1, 0.15) is 6.33 Å². The van der Waals surface area contributed by atoms with Crippen molar-refractivity contribution in [3.05, 3.63) is 36.7 Å². The molecule has 3 aromatic rings. The van der Waals surface area contributed by atoms with E-state index in [4.69, 9.17) is 5.73 Å². The highest BCUT2D eigenvalue weighted by atomic mass is 15.5. The normalized spacial score (nSPS) is 18.7. The van der Waals surface area contributed by atoms with Crippen LogP contribution in [-0.4, -0.2) is 38.1 Å². The Hall–Kier alpha value is -2.70. The molecule has 7 heteroatoms. The maximum atomic E-state index is 5.84. The van der Waals surface area contributed by atoms with Gasteiger partial charge in [0.05, 0.1) is 6.04 Å². The monoisotopic (exact) mass is 295 g/mol. The number of piperidine rings is 1. The standard InChI is InChI=1S/C15H17N7/c16-14-13-15(18-10-17-14)22(20-19-13)12-7-4-8-21(9-12)11-5-2-1-3-6-11/h1-3,5-6,10,12H,4,7-9H2,(H2,16,17,18)/t12-/m1/s1. The van der Waals surface area contributed by atoms with Crippen molar-refractivity contribution in [2.24, 2.45) is 0 Å². The highest BCUT2D eigenvalue weighted by molar-refractivity contribution is 5.80. The zero-order valence-corrected chi connectivity index (χ0v) is 12.1. The Morgan fingerprint density at radius 2 is 2.00 bits per heavy atom. The van der Waals surface area contributed by atoms with Crippen LogP contribution in [0.3, 0.4) is 0 Å². The average molecular weight is 295 g/mol. The zero-order valence-electron chi connectivity index (χ0n) is 12.1.